The lowest BCUT2D eigenvalue weighted by Gasteiger charge is -1.99. The van der Waals surface area contributed by atoms with E-state index >= 15 is 0 Å². The Morgan fingerprint density at radius 2 is 2.83 bits per heavy atom. The highest BCUT2D eigenvalue weighted by Gasteiger charge is 1.94. The van der Waals surface area contributed by atoms with Crippen molar-refractivity contribution in [2.24, 2.45) is 4.99 Å². The molecule has 6 heavy (non-hydrogen) atoms. The molecule has 0 unspecified atom stereocenters. The highest BCUT2D eigenvalue weighted by molar-refractivity contribution is 5.53. The summed E-state index contributed by atoms with van der Waals surface area (Å²) >= 11 is 0. The van der Waals surface area contributed by atoms with Gasteiger partial charge in [-0.15, -0.1) is 0 Å². The SMILES string of the molecule is CN1C=NCO1. The van der Waals surface area contributed by atoms with Crippen molar-refractivity contribution >= 4 is 6.34 Å². The molecule has 0 N–H and O–H groups in total. The van der Waals surface area contributed by atoms with Crippen LogP contribution in [0.2, 0.25) is 0 Å². The maximum atomic E-state index is 4.76. The molecule has 0 amide bonds. The van der Waals surface area contributed by atoms with Crippen molar-refractivity contribution in [2.75, 3.05) is 13.8 Å². The fourth-order valence-electron chi connectivity index (χ4n) is 0.306. The molecule has 0 aromatic heterocycles. The van der Waals surface area contributed by atoms with Crippen molar-refractivity contribution in [3.05, 3.63) is 0 Å². The predicted molar refractivity (Wildman–Crippen MR) is 22.2 cm³/mol. The highest BCUT2D eigenvalue weighted by atomic mass is 16.7. The van der Waals surface area contributed by atoms with E-state index in [-0.39, 0.29) is 0 Å². The van der Waals surface area contributed by atoms with Crippen molar-refractivity contribution in [3.8, 4) is 0 Å². The van der Waals surface area contributed by atoms with Crippen molar-refractivity contribution in [1.29, 1.82) is 0 Å². The first-order valence-corrected chi connectivity index (χ1v) is 1.75. The van der Waals surface area contributed by atoms with E-state index in [9.17, 15) is 0 Å². The van der Waals surface area contributed by atoms with Gasteiger partial charge in [0.2, 0.25) is 0 Å². The zero-order valence-corrected chi connectivity index (χ0v) is 3.59. The molecule has 0 aliphatic carbocycles. The topological polar surface area (TPSA) is 24.8 Å². The van der Waals surface area contributed by atoms with Crippen LogP contribution in [0.5, 0.6) is 0 Å². The van der Waals surface area contributed by atoms with Gasteiger partial charge in [0.25, 0.3) is 0 Å². The Balaban J connectivity index is 2.38. The number of hydrogen-bond acceptors (Lipinski definition) is 3. The first-order valence-electron chi connectivity index (χ1n) is 1.75. The van der Waals surface area contributed by atoms with E-state index in [4.69, 9.17) is 4.84 Å². The van der Waals surface area contributed by atoms with Crippen LogP contribution in [0, 0.1) is 0 Å². The summed E-state index contributed by atoms with van der Waals surface area (Å²) < 4.78 is 0. The molecule has 3 heteroatoms. The quantitative estimate of drug-likeness (QED) is 0.409. The lowest BCUT2D eigenvalue weighted by molar-refractivity contribution is -0.0508. The summed E-state index contributed by atoms with van der Waals surface area (Å²) in [5.41, 5.74) is 0. The Morgan fingerprint density at radius 1 is 2.00 bits per heavy atom. The standard InChI is InChI=1S/C3H6N2O/c1-5-2-4-3-6-5/h2H,3H2,1H3. The Labute approximate surface area is 36.2 Å². The second kappa shape index (κ2) is 1.26. The van der Waals surface area contributed by atoms with Gasteiger partial charge in [-0.25, -0.2) is 14.9 Å². The first-order chi connectivity index (χ1) is 2.89. The number of hydrogen-bond donors (Lipinski definition) is 0. The van der Waals surface area contributed by atoms with Crippen molar-refractivity contribution in [3.63, 3.8) is 0 Å². The fraction of sp³-hybridized carbons (Fsp3) is 0.667. The summed E-state index contributed by atoms with van der Waals surface area (Å²) in [6.07, 6.45) is 1.64. The van der Waals surface area contributed by atoms with Gasteiger partial charge in [-0.1, -0.05) is 0 Å². The zero-order valence-electron chi connectivity index (χ0n) is 3.59. The molecule has 0 fully saturated rings. The van der Waals surface area contributed by atoms with Gasteiger partial charge in [-0.3, -0.25) is 0 Å². The van der Waals surface area contributed by atoms with Crippen LogP contribution < -0.4 is 0 Å². The molecule has 34 valence electrons. The van der Waals surface area contributed by atoms with E-state index in [1.807, 2.05) is 0 Å². The summed E-state index contributed by atoms with van der Waals surface area (Å²) in [4.78, 5) is 8.51. The minimum atomic E-state index is 0.483. The number of hydroxylamine groups is 2. The normalized spacial score (nSPS) is 19.8. The third-order valence-corrected chi connectivity index (χ3v) is 0.580. The number of rotatable bonds is 0. The molecule has 3 nitrogen and oxygen atoms in total. The lowest BCUT2D eigenvalue weighted by atomic mass is 11.1. The summed E-state index contributed by atoms with van der Waals surface area (Å²) in [6.45, 7) is 0.483. The van der Waals surface area contributed by atoms with Gasteiger partial charge in [0.05, 0.1) is 0 Å². The molecule has 0 saturated carbocycles. The van der Waals surface area contributed by atoms with Crippen LogP contribution in [0.3, 0.4) is 0 Å². The highest BCUT2D eigenvalue weighted by Crippen LogP contribution is 1.87. The van der Waals surface area contributed by atoms with Crippen LogP contribution in [-0.2, 0) is 4.84 Å². The van der Waals surface area contributed by atoms with E-state index in [1.165, 1.54) is 0 Å². The lowest BCUT2D eigenvalue weighted by Crippen LogP contribution is -2.08. The van der Waals surface area contributed by atoms with Crippen LogP contribution in [0.15, 0.2) is 4.99 Å². The zero-order chi connectivity index (χ0) is 4.41. The Kier molecular flexibility index (Phi) is 0.759. The van der Waals surface area contributed by atoms with Crippen molar-refractivity contribution < 1.29 is 4.84 Å². The Morgan fingerprint density at radius 3 is 3.00 bits per heavy atom. The minimum absolute atomic E-state index is 0.483. The molecule has 0 aromatic rings. The predicted octanol–water partition coefficient (Wildman–Crippen LogP) is -0.151. The molecule has 1 heterocycles. The first kappa shape index (κ1) is 3.61. The summed E-state index contributed by atoms with van der Waals surface area (Å²) in [5.74, 6) is 0. The van der Waals surface area contributed by atoms with Gasteiger partial charge in [-0.05, 0) is 0 Å². The van der Waals surface area contributed by atoms with E-state index in [2.05, 4.69) is 4.99 Å². The molecule has 0 bridgehead atoms. The second-order valence-corrected chi connectivity index (χ2v) is 1.10. The fourth-order valence-corrected chi connectivity index (χ4v) is 0.306. The largest absolute Gasteiger partial charge is 0.249 e. The smallest absolute Gasteiger partial charge is 0.166 e. The Bertz CT molecular complexity index is 71.2. The van der Waals surface area contributed by atoms with E-state index < -0.39 is 0 Å². The molecular weight excluding hydrogens is 80.0 g/mol. The van der Waals surface area contributed by atoms with Gasteiger partial charge in [0.15, 0.2) is 6.73 Å². The van der Waals surface area contributed by atoms with Gasteiger partial charge in [-0.2, -0.15) is 0 Å². The van der Waals surface area contributed by atoms with Gasteiger partial charge in [0, 0.05) is 7.05 Å². The number of nitrogens with zero attached hydrogens (tertiary/aromatic N) is 2. The van der Waals surface area contributed by atoms with E-state index in [0.29, 0.717) is 6.73 Å². The summed E-state index contributed by atoms with van der Waals surface area (Å²) in [6, 6.07) is 0. The molecule has 0 radical (unpaired) electrons. The molecule has 0 atom stereocenters. The third kappa shape index (κ3) is 0.490. The van der Waals surface area contributed by atoms with Gasteiger partial charge < -0.3 is 0 Å². The molecule has 1 rings (SSSR count). The molecule has 1 aliphatic rings. The molecule has 1 aliphatic heterocycles. The summed E-state index contributed by atoms with van der Waals surface area (Å²) in [7, 11) is 1.80. The van der Waals surface area contributed by atoms with E-state index in [1.54, 1.807) is 18.4 Å². The van der Waals surface area contributed by atoms with Crippen molar-refractivity contribution in [1.82, 2.24) is 5.06 Å². The average molecular weight is 86.1 g/mol. The molecular formula is C3H6N2O. The van der Waals surface area contributed by atoms with Crippen LogP contribution >= 0.6 is 0 Å². The second-order valence-electron chi connectivity index (χ2n) is 1.10. The van der Waals surface area contributed by atoms with E-state index in [0.717, 1.165) is 0 Å². The minimum Gasteiger partial charge on any atom is -0.249 e. The summed E-state index contributed by atoms with van der Waals surface area (Å²) in [5, 5.41) is 1.57. The maximum absolute atomic E-state index is 4.76. The third-order valence-electron chi connectivity index (χ3n) is 0.580. The molecule has 0 aromatic carbocycles. The van der Waals surface area contributed by atoms with Gasteiger partial charge in [0.1, 0.15) is 6.34 Å². The average Bonchev–Trinajstić information content (AvgIpc) is 1.86. The van der Waals surface area contributed by atoms with Crippen LogP contribution in [0.1, 0.15) is 0 Å². The van der Waals surface area contributed by atoms with Crippen LogP contribution in [0.25, 0.3) is 0 Å². The van der Waals surface area contributed by atoms with Crippen LogP contribution in [0.4, 0.5) is 0 Å². The van der Waals surface area contributed by atoms with Gasteiger partial charge >= 0.3 is 0 Å². The Hall–Kier alpha value is -0.570. The monoisotopic (exact) mass is 86.0 g/mol. The number of aliphatic imine (C=N–C) groups is 1. The molecule has 0 saturated heterocycles. The van der Waals surface area contributed by atoms with Crippen molar-refractivity contribution in [2.45, 2.75) is 0 Å². The molecule has 0 spiro atoms. The van der Waals surface area contributed by atoms with Crippen LogP contribution in [-0.4, -0.2) is 25.2 Å². The maximum Gasteiger partial charge on any atom is 0.166 e.